The highest BCUT2D eigenvalue weighted by Gasteiger charge is 2.03. The molecule has 0 aliphatic carbocycles. The second kappa shape index (κ2) is 6.13. The smallest absolute Gasteiger partial charge is 0.267 e. The van der Waals surface area contributed by atoms with E-state index < -0.39 is 0 Å². The Morgan fingerprint density at radius 3 is 2.72 bits per heavy atom. The predicted octanol–water partition coefficient (Wildman–Crippen LogP) is 3.93. The van der Waals surface area contributed by atoms with Gasteiger partial charge in [-0.3, -0.25) is 4.79 Å². The Hall–Kier alpha value is -1.17. The van der Waals surface area contributed by atoms with Gasteiger partial charge in [0.2, 0.25) is 0 Å². The van der Waals surface area contributed by atoms with Crippen LogP contribution >= 0.6 is 38.9 Å². The topological polar surface area (TPSA) is 41.5 Å². The molecule has 1 N–H and O–H groups in total. The van der Waals surface area contributed by atoms with Crippen LogP contribution in [-0.4, -0.2) is 12.1 Å². The molecular weight excluding hydrogens is 336 g/mol. The van der Waals surface area contributed by atoms with Crippen LogP contribution in [0.4, 0.5) is 0 Å². The first-order chi connectivity index (χ1) is 8.65. The van der Waals surface area contributed by atoms with E-state index in [2.05, 4.69) is 26.5 Å². The Morgan fingerprint density at radius 1 is 1.39 bits per heavy atom. The molecule has 1 amide bonds. The summed E-state index contributed by atoms with van der Waals surface area (Å²) in [6.07, 6.45) is 1.60. The molecule has 1 aromatic carbocycles. The highest BCUT2D eigenvalue weighted by atomic mass is 79.9. The Kier molecular flexibility index (Phi) is 4.52. The minimum absolute atomic E-state index is 0.265. The third kappa shape index (κ3) is 3.66. The Morgan fingerprint density at radius 2 is 2.11 bits per heavy atom. The molecule has 0 bridgehead atoms. The Bertz CT molecular complexity index is 580. The van der Waals surface area contributed by atoms with Gasteiger partial charge in [0, 0.05) is 25.3 Å². The zero-order chi connectivity index (χ0) is 13.0. The molecule has 0 atom stereocenters. The van der Waals surface area contributed by atoms with Crippen molar-refractivity contribution in [2.24, 2.45) is 5.10 Å². The van der Waals surface area contributed by atoms with Crippen molar-refractivity contribution in [1.29, 1.82) is 0 Å². The minimum Gasteiger partial charge on any atom is -0.267 e. The highest BCUT2D eigenvalue weighted by molar-refractivity contribution is 9.10. The van der Waals surface area contributed by atoms with Gasteiger partial charge in [0.25, 0.3) is 5.91 Å². The summed E-state index contributed by atoms with van der Waals surface area (Å²) < 4.78 is 0.998. The standard InChI is InChI=1S/C12H8BrClN2OS/c13-9-5-11(18-7-9)6-15-16-12(17)8-1-3-10(14)4-2-8/h1-7H,(H,16,17). The molecule has 1 aromatic heterocycles. The molecule has 18 heavy (non-hydrogen) atoms. The first-order valence-electron chi connectivity index (χ1n) is 4.98. The molecule has 2 aromatic rings. The van der Waals surface area contributed by atoms with Crippen LogP contribution in [-0.2, 0) is 0 Å². The van der Waals surface area contributed by atoms with Gasteiger partial charge in [-0.1, -0.05) is 11.6 Å². The number of amides is 1. The number of hydrogen-bond donors (Lipinski definition) is 1. The molecule has 0 spiro atoms. The summed E-state index contributed by atoms with van der Waals surface area (Å²) in [6.45, 7) is 0. The lowest BCUT2D eigenvalue weighted by atomic mass is 10.2. The van der Waals surface area contributed by atoms with Crippen molar-refractivity contribution in [2.75, 3.05) is 0 Å². The van der Waals surface area contributed by atoms with Crippen LogP contribution in [0.15, 0.2) is 45.3 Å². The molecular formula is C12H8BrClN2OS. The third-order valence-electron chi connectivity index (χ3n) is 2.05. The second-order valence-corrected chi connectivity index (χ2v) is 5.67. The zero-order valence-corrected chi connectivity index (χ0v) is 12.2. The molecule has 6 heteroatoms. The Labute approximate surface area is 122 Å². The van der Waals surface area contributed by atoms with Crippen LogP contribution < -0.4 is 5.43 Å². The first kappa shape index (κ1) is 13.3. The van der Waals surface area contributed by atoms with E-state index in [0.717, 1.165) is 9.35 Å². The second-order valence-electron chi connectivity index (χ2n) is 3.37. The molecule has 92 valence electrons. The van der Waals surface area contributed by atoms with Crippen molar-refractivity contribution in [3.8, 4) is 0 Å². The van der Waals surface area contributed by atoms with E-state index in [9.17, 15) is 4.79 Å². The molecule has 0 saturated carbocycles. The molecule has 0 radical (unpaired) electrons. The molecule has 0 fully saturated rings. The number of benzene rings is 1. The monoisotopic (exact) mass is 342 g/mol. The molecule has 2 rings (SSSR count). The van der Waals surface area contributed by atoms with E-state index in [1.807, 2.05) is 11.4 Å². The number of hydrazone groups is 1. The van der Waals surface area contributed by atoms with Crippen LogP contribution in [0.2, 0.25) is 5.02 Å². The average molecular weight is 344 g/mol. The number of hydrogen-bond acceptors (Lipinski definition) is 3. The van der Waals surface area contributed by atoms with Gasteiger partial charge in [-0.25, -0.2) is 5.43 Å². The van der Waals surface area contributed by atoms with E-state index in [0.29, 0.717) is 10.6 Å². The van der Waals surface area contributed by atoms with Crippen LogP contribution in [0.3, 0.4) is 0 Å². The maximum atomic E-state index is 11.7. The van der Waals surface area contributed by atoms with Gasteiger partial charge in [-0.15, -0.1) is 11.3 Å². The Balaban J connectivity index is 1.96. The molecule has 3 nitrogen and oxygen atoms in total. The van der Waals surface area contributed by atoms with Crippen LogP contribution in [0.1, 0.15) is 15.2 Å². The van der Waals surface area contributed by atoms with Crippen LogP contribution in [0, 0.1) is 0 Å². The van der Waals surface area contributed by atoms with Gasteiger partial charge in [0.05, 0.1) is 6.21 Å². The number of halogens is 2. The highest BCUT2D eigenvalue weighted by Crippen LogP contribution is 2.17. The average Bonchev–Trinajstić information content (AvgIpc) is 2.76. The summed E-state index contributed by atoms with van der Waals surface area (Å²) in [5, 5.41) is 6.43. The maximum absolute atomic E-state index is 11.7. The number of nitrogens with one attached hydrogen (secondary N) is 1. The summed E-state index contributed by atoms with van der Waals surface area (Å²) in [7, 11) is 0. The summed E-state index contributed by atoms with van der Waals surface area (Å²) in [5.74, 6) is -0.265. The molecule has 0 saturated heterocycles. The summed E-state index contributed by atoms with van der Waals surface area (Å²) in [5.41, 5.74) is 2.97. The van der Waals surface area contributed by atoms with Crippen molar-refractivity contribution in [2.45, 2.75) is 0 Å². The fourth-order valence-corrected chi connectivity index (χ4v) is 2.65. The van der Waals surface area contributed by atoms with Crippen molar-refractivity contribution >= 4 is 51.0 Å². The van der Waals surface area contributed by atoms with E-state index >= 15 is 0 Å². The SMILES string of the molecule is O=C(NN=Cc1cc(Br)cs1)c1ccc(Cl)cc1. The first-order valence-corrected chi connectivity index (χ1v) is 7.03. The molecule has 0 aliphatic heterocycles. The maximum Gasteiger partial charge on any atom is 0.271 e. The fraction of sp³-hybridized carbons (Fsp3) is 0. The van der Waals surface area contributed by atoms with E-state index in [1.54, 1.807) is 30.5 Å². The van der Waals surface area contributed by atoms with Gasteiger partial charge in [-0.2, -0.15) is 5.10 Å². The van der Waals surface area contributed by atoms with Crippen molar-refractivity contribution in [1.82, 2.24) is 5.43 Å². The van der Waals surface area contributed by atoms with Crippen molar-refractivity contribution in [3.05, 3.63) is 55.6 Å². The number of carbonyl (C=O) groups excluding carboxylic acids is 1. The van der Waals surface area contributed by atoms with Crippen molar-refractivity contribution < 1.29 is 4.79 Å². The summed E-state index contributed by atoms with van der Waals surface area (Å²) >= 11 is 10.6. The lowest BCUT2D eigenvalue weighted by molar-refractivity contribution is 0.0955. The third-order valence-corrected chi connectivity index (χ3v) is 3.93. The summed E-state index contributed by atoms with van der Waals surface area (Å²) in [6, 6.07) is 8.54. The summed E-state index contributed by atoms with van der Waals surface area (Å²) in [4.78, 5) is 12.6. The number of nitrogens with zero attached hydrogens (tertiary/aromatic N) is 1. The van der Waals surface area contributed by atoms with E-state index in [1.165, 1.54) is 11.3 Å². The molecule has 0 aliphatic rings. The lowest BCUT2D eigenvalue weighted by Gasteiger charge is -1.98. The fourth-order valence-electron chi connectivity index (χ4n) is 1.22. The minimum atomic E-state index is -0.265. The van der Waals surface area contributed by atoms with Crippen LogP contribution in [0.5, 0.6) is 0 Å². The lowest BCUT2D eigenvalue weighted by Crippen LogP contribution is -2.17. The van der Waals surface area contributed by atoms with Gasteiger partial charge in [0.15, 0.2) is 0 Å². The molecule has 1 heterocycles. The van der Waals surface area contributed by atoms with E-state index in [-0.39, 0.29) is 5.91 Å². The largest absolute Gasteiger partial charge is 0.271 e. The number of thiophene rings is 1. The van der Waals surface area contributed by atoms with E-state index in [4.69, 9.17) is 11.6 Å². The van der Waals surface area contributed by atoms with Gasteiger partial charge < -0.3 is 0 Å². The zero-order valence-electron chi connectivity index (χ0n) is 9.06. The van der Waals surface area contributed by atoms with Gasteiger partial charge in [-0.05, 0) is 46.3 Å². The quantitative estimate of drug-likeness (QED) is 0.666. The number of rotatable bonds is 3. The predicted molar refractivity (Wildman–Crippen MR) is 78.5 cm³/mol. The molecule has 0 unspecified atom stereocenters. The van der Waals surface area contributed by atoms with Crippen LogP contribution in [0.25, 0.3) is 0 Å². The normalized spacial score (nSPS) is 10.8. The van der Waals surface area contributed by atoms with Crippen molar-refractivity contribution in [3.63, 3.8) is 0 Å². The van der Waals surface area contributed by atoms with Gasteiger partial charge in [0.1, 0.15) is 0 Å². The number of carbonyl (C=O) groups is 1. The van der Waals surface area contributed by atoms with Gasteiger partial charge >= 0.3 is 0 Å².